The number of aromatic nitrogens is 5. The molecule has 8 nitrogen and oxygen atoms in total. The van der Waals surface area contributed by atoms with Gasteiger partial charge < -0.3 is 0 Å². The van der Waals surface area contributed by atoms with Crippen molar-refractivity contribution >= 4 is 31.6 Å². The highest BCUT2D eigenvalue weighted by Gasteiger charge is 2.22. The summed E-state index contributed by atoms with van der Waals surface area (Å²) in [7, 11) is -1.99. The Kier molecular flexibility index (Phi) is 3.94. The largest absolute Gasteiger partial charge is 0.274 e. The fourth-order valence-corrected chi connectivity index (χ4v) is 3.39. The highest BCUT2D eigenvalue weighted by Crippen LogP contribution is 2.26. The standard InChI is InChI=1S/C13H13BrN6O2S/c1-9-12(13(17-19(9)2)20-7-15-16-8-20)18-23(21,22)11-5-3-10(14)4-6-11/h3-8,18H,1-2H3. The van der Waals surface area contributed by atoms with Gasteiger partial charge in [-0.3, -0.25) is 14.0 Å². The van der Waals surface area contributed by atoms with Gasteiger partial charge in [-0.15, -0.1) is 10.2 Å². The van der Waals surface area contributed by atoms with E-state index in [4.69, 9.17) is 0 Å². The number of hydrogen-bond donors (Lipinski definition) is 1. The van der Waals surface area contributed by atoms with Crippen molar-refractivity contribution in [2.24, 2.45) is 7.05 Å². The normalized spacial score (nSPS) is 11.6. The molecule has 0 saturated heterocycles. The van der Waals surface area contributed by atoms with Gasteiger partial charge in [-0.05, 0) is 31.2 Å². The molecule has 3 rings (SSSR count). The van der Waals surface area contributed by atoms with Crippen LogP contribution in [0, 0.1) is 6.92 Å². The molecule has 0 unspecified atom stereocenters. The number of rotatable bonds is 4. The quantitative estimate of drug-likeness (QED) is 0.726. The zero-order valence-corrected chi connectivity index (χ0v) is 14.7. The van der Waals surface area contributed by atoms with Gasteiger partial charge in [0.15, 0.2) is 5.82 Å². The molecule has 1 aromatic carbocycles. The number of nitrogens with zero attached hydrogens (tertiary/aromatic N) is 5. The van der Waals surface area contributed by atoms with Gasteiger partial charge in [-0.25, -0.2) is 8.42 Å². The molecular weight excluding hydrogens is 384 g/mol. The lowest BCUT2D eigenvalue weighted by Crippen LogP contribution is -2.14. The summed E-state index contributed by atoms with van der Waals surface area (Å²) in [6.07, 6.45) is 2.92. The number of sulfonamides is 1. The summed E-state index contributed by atoms with van der Waals surface area (Å²) in [5.74, 6) is 0.413. The van der Waals surface area contributed by atoms with E-state index >= 15 is 0 Å². The van der Waals surface area contributed by atoms with E-state index < -0.39 is 10.0 Å². The van der Waals surface area contributed by atoms with Crippen LogP contribution in [-0.4, -0.2) is 33.0 Å². The van der Waals surface area contributed by atoms with Crippen LogP contribution >= 0.6 is 15.9 Å². The van der Waals surface area contributed by atoms with Gasteiger partial charge in [0, 0.05) is 11.5 Å². The molecular formula is C13H13BrN6O2S. The van der Waals surface area contributed by atoms with Crippen LogP contribution in [0.15, 0.2) is 46.3 Å². The Morgan fingerprint density at radius 3 is 2.35 bits per heavy atom. The number of halogens is 1. The molecule has 0 aliphatic carbocycles. The fourth-order valence-electron chi connectivity index (χ4n) is 2.01. The number of benzene rings is 1. The summed E-state index contributed by atoms with van der Waals surface area (Å²) in [4.78, 5) is 0.165. The average molecular weight is 397 g/mol. The lowest BCUT2D eigenvalue weighted by atomic mass is 10.4. The minimum absolute atomic E-state index is 0.165. The van der Waals surface area contributed by atoms with Crippen LogP contribution in [0.4, 0.5) is 5.69 Å². The fraction of sp³-hybridized carbons (Fsp3) is 0.154. The summed E-state index contributed by atoms with van der Waals surface area (Å²) < 4.78 is 31.7. The number of aryl methyl sites for hydroxylation is 1. The maximum Gasteiger partial charge on any atom is 0.262 e. The Morgan fingerprint density at radius 1 is 1.13 bits per heavy atom. The predicted octanol–water partition coefficient (Wildman–Crippen LogP) is 1.87. The molecule has 0 radical (unpaired) electrons. The number of anilines is 1. The summed E-state index contributed by atoms with van der Waals surface area (Å²) in [6, 6.07) is 6.39. The van der Waals surface area contributed by atoms with Gasteiger partial charge in [0.25, 0.3) is 10.0 Å². The van der Waals surface area contributed by atoms with Crippen LogP contribution in [-0.2, 0) is 17.1 Å². The van der Waals surface area contributed by atoms with Crippen molar-refractivity contribution < 1.29 is 8.42 Å². The lowest BCUT2D eigenvalue weighted by Gasteiger charge is -2.09. The van der Waals surface area contributed by atoms with Crippen LogP contribution in [0.5, 0.6) is 0 Å². The maximum atomic E-state index is 12.6. The molecule has 0 fully saturated rings. The smallest absolute Gasteiger partial charge is 0.262 e. The van der Waals surface area contributed by atoms with Crippen LogP contribution in [0.1, 0.15) is 5.69 Å². The first-order chi connectivity index (χ1) is 10.9. The second-order valence-electron chi connectivity index (χ2n) is 4.84. The molecule has 0 saturated carbocycles. The van der Waals surface area contributed by atoms with E-state index in [0.717, 1.165) is 4.47 Å². The van der Waals surface area contributed by atoms with E-state index in [1.807, 2.05) is 0 Å². The maximum absolute atomic E-state index is 12.6. The first kappa shape index (κ1) is 15.7. The Bertz CT molecular complexity index is 932. The SMILES string of the molecule is Cc1c(NS(=O)(=O)c2ccc(Br)cc2)c(-n2cnnc2)nn1C. The van der Waals surface area contributed by atoms with E-state index in [1.165, 1.54) is 24.8 Å². The summed E-state index contributed by atoms with van der Waals surface area (Å²) >= 11 is 3.29. The van der Waals surface area contributed by atoms with Crippen molar-refractivity contribution in [3.8, 4) is 5.82 Å². The van der Waals surface area contributed by atoms with Crippen LogP contribution in [0.3, 0.4) is 0 Å². The van der Waals surface area contributed by atoms with E-state index in [0.29, 0.717) is 17.2 Å². The van der Waals surface area contributed by atoms with Crippen LogP contribution < -0.4 is 4.72 Å². The first-order valence-electron chi connectivity index (χ1n) is 6.55. The first-order valence-corrected chi connectivity index (χ1v) is 8.83. The van der Waals surface area contributed by atoms with Gasteiger partial charge >= 0.3 is 0 Å². The van der Waals surface area contributed by atoms with Gasteiger partial charge in [0.1, 0.15) is 18.3 Å². The molecule has 23 heavy (non-hydrogen) atoms. The zero-order chi connectivity index (χ0) is 16.6. The van der Waals surface area contributed by atoms with Crippen molar-refractivity contribution in [3.63, 3.8) is 0 Å². The van der Waals surface area contributed by atoms with E-state index in [2.05, 4.69) is 35.9 Å². The Balaban J connectivity index is 2.04. The van der Waals surface area contributed by atoms with Crippen molar-refractivity contribution in [1.29, 1.82) is 0 Å². The minimum Gasteiger partial charge on any atom is -0.274 e. The molecule has 0 bridgehead atoms. The second kappa shape index (κ2) is 5.78. The van der Waals surface area contributed by atoms with Crippen molar-refractivity contribution in [1.82, 2.24) is 24.5 Å². The lowest BCUT2D eigenvalue weighted by molar-refractivity contribution is 0.601. The third-order valence-electron chi connectivity index (χ3n) is 3.34. The van der Waals surface area contributed by atoms with Crippen molar-refractivity contribution in [2.45, 2.75) is 11.8 Å². The van der Waals surface area contributed by atoms with Gasteiger partial charge in [0.2, 0.25) is 0 Å². The summed E-state index contributed by atoms with van der Waals surface area (Å²) in [5, 5.41) is 11.8. The van der Waals surface area contributed by atoms with Gasteiger partial charge in [-0.2, -0.15) is 5.10 Å². The van der Waals surface area contributed by atoms with Crippen molar-refractivity contribution in [3.05, 3.63) is 47.1 Å². The number of hydrogen-bond acceptors (Lipinski definition) is 5. The number of nitrogens with one attached hydrogen (secondary N) is 1. The predicted molar refractivity (Wildman–Crippen MR) is 87.8 cm³/mol. The van der Waals surface area contributed by atoms with Gasteiger partial charge in [-0.1, -0.05) is 15.9 Å². The molecule has 120 valence electrons. The Hall–Kier alpha value is -2.20. The third kappa shape index (κ3) is 2.99. The monoisotopic (exact) mass is 396 g/mol. The molecule has 2 heterocycles. The summed E-state index contributed by atoms with van der Waals surface area (Å²) in [6.45, 7) is 1.78. The van der Waals surface area contributed by atoms with E-state index in [-0.39, 0.29) is 4.90 Å². The summed E-state index contributed by atoms with van der Waals surface area (Å²) in [5.41, 5.74) is 1.06. The van der Waals surface area contributed by atoms with Crippen LogP contribution in [0.25, 0.3) is 5.82 Å². The Labute approximate surface area is 141 Å². The molecule has 0 amide bonds. The molecule has 3 aromatic rings. The molecule has 1 N–H and O–H groups in total. The minimum atomic E-state index is -3.73. The zero-order valence-electron chi connectivity index (χ0n) is 12.3. The molecule has 0 atom stereocenters. The average Bonchev–Trinajstić information content (AvgIpc) is 3.12. The topological polar surface area (TPSA) is 94.7 Å². The molecule has 0 aliphatic heterocycles. The molecule has 10 heteroatoms. The highest BCUT2D eigenvalue weighted by molar-refractivity contribution is 9.10. The van der Waals surface area contributed by atoms with Gasteiger partial charge in [0.05, 0.1) is 10.6 Å². The van der Waals surface area contributed by atoms with E-state index in [9.17, 15) is 8.42 Å². The highest BCUT2D eigenvalue weighted by atomic mass is 79.9. The van der Waals surface area contributed by atoms with Crippen LogP contribution in [0.2, 0.25) is 0 Å². The second-order valence-corrected chi connectivity index (χ2v) is 7.43. The third-order valence-corrected chi connectivity index (χ3v) is 5.23. The Morgan fingerprint density at radius 2 is 1.74 bits per heavy atom. The van der Waals surface area contributed by atoms with Crippen molar-refractivity contribution in [2.75, 3.05) is 4.72 Å². The van der Waals surface area contributed by atoms with E-state index in [1.54, 1.807) is 35.4 Å². The molecule has 0 spiro atoms. The molecule has 0 aliphatic rings. The molecule has 2 aromatic heterocycles.